The predicted octanol–water partition coefficient (Wildman–Crippen LogP) is 3.14. The molecule has 9 heteroatoms. The van der Waals surface area contributed by atoms with Crippen molar-refractivity contribution < 1.29 is 14.3 Å². The summed E-state index contributed by atoms with van der Waals surface area (Å²) in [5.41, 5.74) is 2.51. The lowest BCUT2D eigenvalue weighted by molar-refractivity contribution is 0.0437. The smallest absolute Gasteiger partial charge is 0.320 e. The SMILES string of the molecule is COc1cc(N=C(C)N2CCCN(C(=O)N3CCOCC3)CC2)c(C#N)cc1-c1ccccn1. The minimum absolute atomic E-state index is 0.0846. The van der Waals surface area contributed by atoms with E-state index in [0.717, 1.165) is 36.6 Å². The Kier molecular flexibility index (Phi) is 7.60. The third-order valence-electron chi connectivity index (χ3n) is 6.17. The highest BCUT2D eigenvalue weighted by molar-refractivity contribution is 5.85. The van der Waals surface area contributed by atoms with E-state index < -0.39 is 0 Å². The van der Waals surface area contributed by atoms with Crippen molar-refractivity contribution in [2.45, 2.75) is 13.3 Å². The van der Waals surface area contributed by atoms with Crippen LogP contribution in [0.3, 0.4) is 0 Å². The molecule has 2 aliphatic rings. The van der Waals surface area contributed by atoms with E-state index in [1.807, 2.05) is 34.9 Å². The highest BCUT2D eigenvalue weighted by Crippen LogP contribution is 2.35. The largest absolute Gasteiger partial charge is 0.496 e. The highest BCUT2D eigenvalue weighted by Gasteiger charge is 2.25. The van der Waals surface area contributed by atoms with E-state index >= 15 is 0 Å². The van der Waals surface area contributed by atoms with E-state index in [1.165, 1.54) is 0 Å². The van der Waals surface area contributed by atoms with Crippen molar-refractivity contribution >= 4 is 17.6 Å². The first-order chi connectivity index (χ1) is 16.6. The molecule has 0 atom stereocenters. The lowest BCUT2D eigenvalue weighted by Gasteiger charge is -2.32. The van der Waals surface area contributed by atoms with Crippen LogP contribution < -0.4 is 4.74 Å². The Morgan fingerprint density at radius 2 is 1.82 bits per heavy atom. The summed E-state index contributed by atoms with van der Waals surface area (Å²) in [7, 11) is 1.60. The van der Waals surface area contributed by atoms with Gasteiger partial charge >= 0.3 is 6.03 Å². The Morgan fingerprint density at radius 1 is 1.09 bits per heavy atom. The monoisotopic (exact) mass is 462 g/mol. The van der Waals surface area contributed by atoms with Crippen molar-refractivity contribution in [3.63, 3.8) is 0 Å². The summed E-state index contributed by atoms with van der Waals surface area (Å²) in [6.07, 6.45) is 2.57. The number of benzene rings is 1. The molecule has 2 fully saturated rings. The molecule has 0 unspecified atom stereocenters. The number of aromatic nitrogens is 1. The van der Waals surface area contributed by atoms with Crippen molar-refractivity contribution in [2.24, 2.45) is 4.99 Å². The molecule has 0 aliphatic carbocycles. The number of methoxy groups -OCH3 is 1. The first-order valence-electron chi connectivity index (χ1n) is 11.6. The molecular formula is C25H30N6O3. The number of ether oxygens (including phenoxy) is 2. The van der Waals surface area contributed by atoms with Crippen LogP contribution in [0, 0.1) is 11.3 Å². The number of morpholine rings is 1. The fourth-order valence-corrected chi connectivity index (χ4v) is 4.27. The van der Waals surface area contributed by atoms with E-state index in [-0.39, 0.29) is 6.03 Å². The summed E-state index contributed by atoms with van der Waals surface area (Å²) >= 11 is 0. The number of amidine groups is 1. The fourth-order valence-electron chi connectivity index (χ4n) is 4.27. The van der Waals surface area contributed by atoms with Crippen LogP contribution in [0.2, 0.25) is 0 Å². The molecule has 0 bridgehead atoms. The third-order valence-corrected chi connectivity index (χ3v) is 6.17. The van der Waals surface area contributed by atoms with E-state index in [2.05, 4.69) is 16.0 Å². The van der Waals surface area contributed by atoms with Crippen LogP contribution in [-0.4, -0.2) is 91.1 Å². The number of hydrogen-bond acceptors (Lipinski definition) is 6. The number of amides is 2. The molecule has 9 nitrogen and oxygen atoms in total. The van der Waals surface area contributed by atoms with Gasteiger partial charge in [0.15, 0.2) is 0 Å². The van der Waals surface area contributed by atoms with E-state index in [0.29, 0.717) is 56.4 Å². The minimum atomic E-state index is 0.0846. The van der Waals surface area contributed by atoms with Crippen LogP contribution in [0.15, 0.2) is 41.5 Å². The molecule has 2 amide bonds. The molecule has 2 aliphatic heterocycles. The maximum atomic E-state index is 12.9. The lowest BCUT2D eigenvalue weighted by atomic mass is 10.0. The molecule has 0 radical (unpaired) electrons. The van der Waals surface area contributed by atoms with Gasteiger partial charge < -0.3 is 24.2 Å². The Hall–Kier alpha value is -3.64. The van der Waals surface area contributed by atoms with E-state index in [4.69, 9.17) is 14.5 Å². The quantitative estimate of drug-likeness (QED) is 0.514. The van der Waals surface area contributed by atoms with E-state index in [9.17, 15) is 10.1 Å². The molecule has 2 aromatic rings. The zero-order valence-corrected chi connectivity index (χ0v) is 19.7. The van der Waals surface area contributed by atoms with Crippen molar-refractivity contribution in [3.8, 4) is 23.1 Å². The second kappa shape index (κ2) is 11.0. The Bertz CT molecular complexity index is 1080. The summed E-state index contributed by atoms with van der Waals surface area (Å²) in [5, 5.41) is 9.79. The number of pyridine rings is 1. The number of nitriles is 1. The Balaban J connectivity index is 1.51. The van der Waals surface area contributed by atoms with Gasteiger partial charge in [0.25, 0.3) is 0 Å². The van der Waals surface area contributed by atoms with Crippen molar-refractivity contribution in [1.29, 1.82) is 5.26 Å². The van der Waals surface area contributed by atoms with Gasteiger partial charge in [0.2, 0.25) is 0 Å². The number of hydrogen-bond donors (Lipinski definition) is 0. The minimum Gasteiger partial charge on any atom is -0.496 e. The number of carbonyl (C=O) groups is 1. The maximum Gasteiger partial charge on any atom is 0.320 e. The molecule has 3 heterocycles. The lowest BCUT2D eigenvalue weighted by Crippen LogP contribution is -2.49. The molecular weight excluding hydrogens is 432 g/mol. The van der Waals surface area contributed by atoms with Crippen molar-refractivity contribution in [1.82, 2.24) is 19.7 Å². The third kappa shape index (κ3) is 5.29. The molecule has 0 saturated carbocycles. The summed E-state index contributed by atoms with van der Waals surface area (Å²) in [6, 6.07) is 11.5. The van der Waals surface area contributed by atoms with Crippen LogP contribution in [0.5, 0.6) is 5.75 Å². The molecule has 0 N–H and O–H groups in total. The normalized spacial score (nSPS) is 17.2. The summed E-state index contributed by atoms with van der Waals surface area (Å²) < 4.78 is 11.0. The van der Waals surface area contributed by atoms with Crippen LogP contribution in [0.25, 0.3) is 11.3 Å². The molecule has 4 rings (SSSR count). The van der Waals surface area contributed by atoms with Crippen molar-refractivity contribution in [3.05, 3.63) is 42.1 Å². The van der Waals surface area contributed by atoms with Gasteiger partial charge in [0.1, 0.15) is 17.7 Å². The number of urea groups is 1. The van der Waals surface area contributed by atoms with Gasteiger partial charge in [-0.2, -0.15) is 5.26 Å². The summed E-state index contributed by atoms with van der Waals surface area (Å²) in [4.78, 5) is 28.0. The number of rotatable bonds is 3. The van der Waals surface area contributed by atoms with Gasteiger partial charge in [-0.25, -0.2) is 9.79 Å². The van der Waals surface area contributed by atoms with E-state index in [1.54, 1.807) is 25.4 Å². The number of aliphatic imine (C=N–C) groups is 1. The number of nitrogens with zero attached hydrogens (tertiary/aromatic N) is 6. The average molecular weight is 463 g/mol. The zero-order chi connectivity index (χ0) is 23.9. The molecule has 34 heavy (non-hydrogen) atoms. The maximum absolute atomic E-state index is 12.9. The van der Waals surface area contributed by atoms with Crippen LogP contribution in [0.4, 0.5) is 10.5 Å². The average Bonchev–Trinajstić information content (AvgIpc) is 3.15. The van der Waals surface area contributed by atoms with Crippen LogP contribution >= 0.6 is 0 Å². The molecule has 178 valence electrons. The fraction of sp³-hybridized carbons (Fsp3) is 0.440. The Labute approximate surface area is 200 Å². The first kappa shape index (κ1) is 23.5. The topological polar surface area (TPSA) is 94.3 Å². The molecule has 1 aromatic carbocycles. The Morgan fingerprint density at radius 3 is 2.53 bits per heavy atom. The van der Waals surface area contributed by atoms with Crippen LogP contribution in [0.1, 0.15) is 18.9 Å². The predicted molar refractivity (Wildman–Crippen MR) is 129 cm³/mol. The van der Waals surface area contributed by atoms with Gasteiger partial charge in [-0.15, -0.1) is 0 Å². The summed E-state index contributed by atoms with van der Waals surface area (Å²) in [5.74, 6) is 1.42. The molecule has 2 saturated heterocycles. The van der Waals surface area contributed by atoms with Gasteiger partial charge in [-0.05, 0) is 31.5 Å². The van der Waals surface area contributed by atoms with Gasteiger partial charge in [0, 0.05) is 57.1 Å². The molecule has 1 aromatic heterocycles. The van der Waals surface area contributed by atoms with Gasteiger partial charge in [-0.3, -0.25) is 4.98 Å². The first-order valence-corrected chi connectivity index (χ1v) is 11.6. The molecule has 0 spiro atoms. The van der Waals surface area contributed by atoms with Gasteiger partial charge in [-0.1, -0.05) is 6.07 Å². The van der Waals surface area contributed by atoms with Crippen molar-refractivity contribution in [2.75, 3.05) is 59.6 Å². The zero-order valence-electron chi connectivity index (χ0n) is 19.7. The standard InChI is InChI=1S/C25H30N6O3/c1-19(29-8-5-9-30(11-10-29)25(32)31-12-14-34-15-13-31)28-23-17-24(33-2)21(16-20(23)18-26)22-6-3-4-7-27-22/h3-4,6-7,16-17H,5,8-15H2,1-2H3. The van der Waals surface area contributed by atoms with Gasteiger partial charge in [0.05, 0.1) is 37.3 Å². The highest BCUT2D eigenvalue weighted by atomic mass is 16.5. The van der Waals surface area contributed by atoms with Crippen LogP contribution in [-0.2, 0) is 4.74 Å². The second-order valence-corrected chi connectivity index (χ2v) is 8.27. The second-order valence-electron chi connectivity index (χ2n) is 8.27. The number of carbonyl (C=O) groups excluding carboxylic acids is 1. The summed E-state index contributed by atoms with van der Waals surface area (Å²) in [6.45, 7) is 7.28.